The molecule has 1 N–H and O–H groups in total. The van der Waals surface area contributed by atoms with Crippen LogP contribution in [0.15, 0.2) is 60.7 Å². The fourth-order valence-electron chi connectivity index (χ4n) is 2.29. The van der Waals surface area contributed by atoms with E-state index in [1.165, 1.54) is 0 Å². The van der Waals surface area contributed by atoms with E-state index in [0.717, 1.165) is 30.5 Å². The van der Waals surface area contributed by atoms with Gasteiger partial charge in [0.25, 0.3) is 0 Å². The van der Waals surface area contributed by atoms with Gasteiger partial charge in [-0.1, -0.05) is 68.3 Å². The third-order valence-corrected chi connectivity index (χ3v) is 3.41. The van der Waals surface area contributed by atoms with Crippen LogP contribution in [0.5, 0.6) is 0 Å². The number of nitrogens with one attached hydrogen (secondary N) is 1. The molecular weight excluding hydrogens is 246 g/mol. The summed E-state index contributed by atoms with van der Waals surface area (Å²) in [7, 11) is 0. The van der Waals surface area contributed by atoms with Crippen LogP contribution >= 0.6 is 0 Å². The molecule has 2 aromatic carbocycles. The number of anilines is 1. The Morgan fingerprint density at radius 2 is 1.60 bits per heavy atom. The van der Waals surface area contributed by atoms with E-state index in [9.17, 15) is 4.79 Å². The van der Waals surface area contributed by atoms with E-state index in [2.05, 4.69) is 12.2 Å². The van der Waals surface area contributed by atoms with E-state index in [4.69, 9.17) is 0 Å². The molecule has 104 valence electrons. The monoisotopic (exact) mass is 267 g/mol. The quantitative estimate of drug-likeness (QED) is 0.814. The van der Waals surface area contributed by atoms with Crippen molar-refractivity contribution < 1.29 is 4.79 Å². The Kier molecular flexibility index (Phi) is 5.36. The second-order valence-corrected chi connectivity index (χ2v) is 4.96. The van der Waals surface area contributed by atoms with E-state index in [0.29, 0.717) is 0 Å². The molecule has 1 amide bonds. The topological polar surface area (TPSA) is 29.1 Å². The number of carbonyl (C=O) groups excluding carboxylic acids is 1. The fourth-order valence-corrected chi connectivity index (χ4v) is 2.29. The first-order chi connectivity index (χ1) is 9.81. The number of amides is 1. The number of carbonyl (C=O) groups is 1. The standard InChI is InChI=1S/C18H21NO/c1-2-3-14-17(15-10-6-4-7-11-15)18(20)19-16-12-8-5-9-13-16/h4-13,17H,2-3,14H2,1H3,(H,19,20)/t17-/m1/s1. The van der Waals surface area contributed by atoms with Gasteiger partial charge in [0, 0.05) is 5.69 Å². The predicted molar refractivity (Wildman–Crippen MR) is 83.8 cm³/mol. The molecule has 2 heteroatoms. The Morgan fingerprint density at radius 1 is 1.00 bits per heavy atom. The first-order valence-corrected chi connectivity index (χ1v) is 7.22. The van der Waals surface area contributed by atoms with E-state index >= 15 is 0 Å². The molecule has 0 aromatic heterocycles. The minimum Gasteiger partial charge on any atom is -0.326 e. The molecule has 0 bridgehead atoms. The Hall–Kier alpha value is -2.09. The first-order valence-electron chi connectivity index (χ1n) is 7.22. The molecule has 0 fully saturated rings. The van der Waals surface area contributed by atoms with Gasteiger partial charge in [0.15, 0.2) is 0 Å². The number of benzene rings is 2. The summed E-state index contributed by atoms with van der Waals surface area (Å²) in [4.78, 5) is 12.5. The number of hydrogen-bond donors (Lipinski definition) is 1. The molecule has 0 radical (unpaired) electrons. The molecule has 20 heavy (non-hydrogen) atoms. The normalized spacial score (nSPS) is 11.8. The molecule has 0 heterocycles. The Morgan fingerprint density at radius 3 is 2.20 bits per heavy atom. The Labute approximate surface area is 120 Å². The maximum atomic E-state index is 12.5. The molecule has 0 aliphatic rings. The average Bonchev–Trinajstić information content (AvgIpc) is 2.50. The minimum atomic E-state index is -0.0728. The van der Waals surface area contributed by atoms with Crippen molar-refractivity contribution in [2.75, 3.05) is 5.32 Å². The maximum absolute atomic E-state index is 12.5. The van der Waals surface area contributed by atoms with Gasteiger partial charge in [-0.05, 0) is 24.1 Å². The van der Waals surface area contributed by atoms with Crippen molar-refractivity contribution in [3.05, 3.63) is 66.2 Å². The highest BCUT2D eigenvalue weighted by molar-refractivity contribution is 5.95. The van der Waals surface area contributed by atoms with Crippen LogP contribution in [0.3, 0.4) is 0 Å². The van der Waals surface area contributed by atoms with Gasteiger partial charge in [-0.25, -0.2) is 0 Å². The van der Waals surface area contributed by atoms with Crippen molar-refractivity contribution >= 4 is 11.6 Å². The minimum absolute atomic E-state index is 0.0728. The first kappa shape index (κ1) is 14.3. The van der Waals surface area contributed by atoms with Gasteiger partial charge in [-0.2, -0.15) is 0 Å². The van der Waals surface area contributed by atoms with Crippen LogP contribution in [-0.4, -0.2) is 5.91 Å². The van der Waals surface area contributed by atoms with Gasteiger partial charge >= 0.3 is 0 Å². The van der Waals surface area contributed by atoms with Crippen molar-refractivity contribution in [1.29, 1.82) is 0 Å². The molecular formula is C18H21NO. The van der Waals surface area contributed by atoms with E-state index < -0.39 is 0 Å². The maximum Gasteiger partial charge on any atom is 0.231 e. The van der Waals surface area contributed by atoms with E-state index in [1.807, 2.05) is 60.7 Å². The van der Waals surface area contributed by atoms with Gasteiger partial charge in [0.1, 0.15) is 0 Å². The summed E-state index contributed by atoms with van der Waals surface area (Å²) < 4.78 is 0. The summed E-state index contributed by atoms with van der Waals surface area (Å²) in [6.45, 7) is 2.15. The van der Waals surface area contributed by atoms with Gasteiger partial charge < -0.3 is 5.32 Å². The van der Waals surface area contributed by atoms with Crippen LogP contribution in [0.4, 0.5) is 5.69 Å². The van der Waals surface area contributed by atoms with Crippen LogP contribution in [0.2, 0.25) is 0 Å². The second-order valence-electron chi connectivity index (χ2n) is 4.96. The molecule has 2 aromatic rings. The predicted octanol–water partition coefficient (Wildman–Crippen LogP) is 4.60. The lowest BCUT2D eigenvalue weighted by molar-refractivity contribution is -0.117. The van der Waals surface area contributed by atoms with Gasteiger partial charge in [-0.3, -0.25) is 4.79 Å². The number of hydrogen-bond acceptors (Lipinski definition) is 1. The van der Waals surface area contributed by atoms with Crippen LogP contribution in [-0.2, 0) is 4.79 Å². The highest BCUT2D eigenvalue weighted by Gasteiger charge is 2.19. The number of para-hydroxylation sites is 1. The Balaban J connectivity index is 2.12. The van der Waals surface area contributed by atoms with Gasteiger partial charge in [-0.15, -0.1) is 0 Å². The van der Waals surface area contributed by atoms with Crippen molar-refractivity contribution in [3.8, 4) is 0 Å². The second kappa shape index (κ2) is 7.49. The SMILES string of the molecule is CCCC[C@@H](C(=O)Nc1ccccc1)c1ccccc1. The average molecular weight is 267 g/mol. The van der Waals surface area contributed by atoms with E-state index in [1.54, 1.807) is 0 Å². The third-order valence-electron chi connectivity index (χ3n) is 3.41. The largest absolute Gasteiger partial charge is 0.326 e. The van der Waals surface area contributed by atoms with Crippen molar-refractivity contribution in [2.24, 2.45) is 0 Å². The summed E-state index contributed by atoms with van der Waals surface area (Å²) in [5, 5.41) is 3.01. The van der Waals surface area contributed by atoms with Crippen molar-refractivity contribution in [2.45, 2.75) is 32.1 Å². The lowest BCUT2D eigenvalue weighted by Gasteiger charge is -2.17. The summed E-state index contributed by atoms with van der Waals surface area (Å²) in [5.41, 5.74) is 1.95. The number of rotatable bonds is 6. The lowest BCUT2D eigenvalue weighted by atomic mass is 9.92. The molecule has 2 nitrogen and oxygen atoms in total. The zero-order valence-electron chi connectivity index (χ0n) is 11.9. The van der Waals surface area contributed by atoms with Crippen molar-refractivity contribution in [1.82, 2.24) is 0 Å². The molecule has 0 aliphatic heterocycles. The molecule has 0 saturated carbocycles. The van der Waals surface area contributed by atoms with Gasteiger partial charge in [0.2, 0.25) is 5.91 Å². The van der Waals surface area contributed by atoms with Crippen LogP contribution in [0.1, 0.15) is 37.7 Å². The summed E-state index contributed by atoms with van der Waals surface area (Å²) in [5.74, 6) is 0.00667. The summed E-state index contributed by atoms with van der Waals surface area (Å²) in [6, 6.07) is 19.7. The Bertz CT molecular complexity index is 522. The molecule has 0 spiro atoms. The summed E-state index contributed by atoms with van der Waals surface area (Å²) >= 11 is 0. The molecule has 0 aliphatic carbocycles. The highest BCUT2D eigenvalue weighted by atomic mass is 16.1. The van der Waals surface area contributed by atoms with Gasteiger partial charge in [0.05, 0.1) is 5.92 Å². The highest BCUT2D eigenvalue weighted by Crippen LogP contribution is 2.24. The lowest BCUT2D eigenvalue weighted by Crippen LogP contribution is -2.21. The molecule has 0 saturated heterocycles. The van der Waals surface area contributed by atoms with Crippen LogP contribution in [0.25, 0.3) is 0 Å². The summed E-state index contributed by atoms with van der Waals surface area (Å²) in [6.07, 6.45) is 3.04. The van der Waals surface area contributed by atoms with Crippen LogP contribution < -0.4 is 5.32 Å². The smallest absolute Gasteiger partial charge is 0.231 e. The fraction of sp³-hybridized carbons (Fsp3) is 0.278. The molecule has 1 atom stereocenters. The molecule has 0 unspecified atom stereocenters. The zero-order valence-corrected chi connectivity index (χ0v) is 11.9. The third kappa shape index (κ3) is 3.95. The number of unbranched alkanes of at least 4 members (excludes halogenated alkanes) is 1. The van der Waals surface area contributed by atoms with Crippen molar-refractivity contribution in [3.63, 3.8) is 0 Å². The van der Waals surface area contributed by atoms with Crippen LogP contribution in [0, 0.1) is 0 Å². The zero-order chi connectivity index (χ0) is 14.2. The van der Waals surface area contributed by atoms with E-state index in [-0.39, 0.29) is 11.8 Å². The molecule has 2 rings (SSSR count).